The zero-order valence-corrected chi connectivity index (χ0v) is 18.1. The molecule has 2 aromatic heterocycles. The first-order chi connectivity index (χ1) is 14.3. The number of anilines is 2. The highest BCUT2D eigenvalue weighted by molar-refractivity contribution is 5.72. The molecule has 0 radical (unpaired) electrons. The highest BCUT2D eigenvalue weighted by atomic mass is 19.4. The lowest BCUT2D eigenvalue weighted by Crippen LogP contribution is -2.65. The molecule has 0 saturated carbocycles. The predicted octanol–water partition coefficient (Wildman–Crippen LogP) is 2.85. The van der Waals surface area contributed by atoms with Crippen molar-refractivity contribution in [1.82, 2.24) is 24.6 Å². The number of ether oxygens (including phenoxy) is 1. The molecule has 12 heteroatoms. The van der Waals surface area contributed by atoms with E-state index in [0.717, 1.165) is 0 Å². The second-order valence-electron chi connectivity index (χ2n) is 8.43. The molecule has 0 unspecified atom stereocenters. The average Bonchev–Trinajstić information content (AvgIpc) is 2.87. The SMILES string of the molecule is COC(=O)N(C1CN(c2ccnc(-c3c(C)nn(CC(F)(F)F)c3N)n2)C1)C(C)(C)C. The molecule has 2 N–H and O–H groups in total. The fourth-order valence-electron chi connectivity index (χ4n) is 3.69. The van der Waals surface area contributed by atoms with Crippen LogP contribution in [0.25, 0.3) is 11.4 Å². The lowest BCUT2D eigenvalue weighted by molar-refractivity contribution is -0.142. The molecule has 0 bridgehead atoms. The minimum Gasteiger partial charge on any atom is -0.453 e. The number of halogens is 3. The van der Waals surface area contributed by atoms with Gasteiger partial charge in [-0.2, -0.15) is 18.3 Å². The second-order valence-corrected chi connectivity index (χ2v) is 8.43. The van der Waals surface area contributed by atoms with E-state index < -0.39 is 24.4 Å². The molecule has 2 aromatic rings. The van der Waals surface area contributed by atoms with Crippen molar-refractivity contribution in [3.8, 4) is 11.4 Å². The van der Waals surface area contributed by atoms with Crippen molar-refractivity contribution in [3.05, 3.63) is 18.0 Å². The topological polar surface area (TPSA) is 102 Å². The van der Waals surface area contributed by atoms with Crippen LogP contribution in [0.5, 0.6) is 0 Å². The van der Waals surface area contributed by atoms with Crippen molar-refractivity contribution in [2.45, 2.75) is 52.0 Å². The molecule has 1 amide bonds. The second kappa shape index (κ2) is 7.89. The third kappa shape index (κ3) is 4.67. The zero-order valence-electron chi connectivity index (χ0n) is 18.1. The molecule has 1 aliphatic heterocycles. The Hall–Kier alpha value is -3.05. The van der Waals surface area contributed by atoms with Gasteiger partial charge in [0.1, 0.15) is 18.2 Å². The fraction of sp³-hybridized carbons (Fsp3) is 0.579. The van der Waals surface area contributed by atoms with Gasteiger partial charge >= 0.3 is 12.3 Å². The van der Waals surface area contributed by atoms with Gasteiger partial charge in [-0.3, -0.25) is 4.90 Å². The van der Waals surface area contributed by atoms with Crippen molar-refractivity contribution in [2.75, 3.05) is 30.8 Å². The summed E-state index contributed by atoms with van der Waals surface area (Å²) in [5.74, 6) is 0.644. The highest BCUT2D eigenvalue weighted by Crippen LogP contribution is 2.32. The van der Waals surface area contributed by atoms with Crippen LogP contribution in [0, 0.1) is 6.92 Å². The van der Waals surface area contributed by atoms with E-state index in [4.69, 9.17) is 10.5 Å². The molecule has 1 aliphatic rings. The number of amides is 1. The standard InChI is InChI=1S/C19H26F3N7O2/c1-11-14(15(23)28(26-11)10-19(20,21)22)16-24-7-6-13(25-16)27-8-12(9-27)29(17(30)31-5)18(2,3)4/h6-7,12H,8-10,23H2,1-5H3. The molecule has 170 valence electrons. The molecular weight excluding hydrogens is 415 g/mol. The molecular formula is C19H26F3N7O2. The number of hydrogen-bond acceptors (Lipinski definition) is 7. The van der Waals surface area contributed by atoms with Gasteiger partial charge in [0.2, 0.25) is 0 Å². The molecule has 31 heavy (non-hydrogen) atoms. The Morgan fingerprint density at radius 1 is 1.32 bits per heavy atom. The third-order valence-electron chi connectivity index (χ3n) is 5.01. The number of hydrogen-bond donors (Lipinski definition) is 1. The zero-order chi connectivity index (χ0) is 23.1. The van der Waals surface area contributed by atoms with Crippen LogP contribution in [0.4, 0.5) is 29.6 Å². The van der Waals surface area contributed by atoms with E-state index in [-0.39, 0.29) is 23.2 Å². The number of carbonyl (C=O) groups excluding carboxylic acids is 1. The summed E-state index contributed by atoms with van der Waals surface area (Å²) in [4.78, 5) is 24.5. The monoisotopic (exact) mass is 441 g/mol. The molecule has 0 atom stereocenters. The Bertz CT molecular complexity index is 962. The van der Waals surface area contributed by atoms with Crippen LogP contribution in [0.3, 0.4) is 0 Å². The predicted molar refractivity (Wildman–Crippen MR) is 108 cm³/mol. The van der Waals surface area contributed by atoms with Gasteiger partial charge in [0.15, 0.2) is 5.82 Å². The Balaban J connectivity index is 1.81. The Morgan fingerprint density at radius 3 is 2.52 bits per heavy atom. The quantitative estimate of drug-likeness (QED) is 0.778. The summed E-state index contributed by atoms with van der Waals surface area (Å²) in [7, 11) is 1.35. The molecule has 3 heterocycles. The maximum absolute atomic E-state index is 12.8. The highest BCUT2D eigenvalue weighted by Gasteiger charge is 2.41. The fourth-order valence-corrected chi connectivity index (χ4v) is 3.69. The van der Waals surface area contributed by atoms with Gasteiger partial charge in [-0.1, -0.05) is 0 Å². The van der Waals surface area contributed by atoms with Crippen molar-refractivity contribution in [3.63, 3.8) is 0 Å². The maximum Gasteiger partial charge on any atom is 0.410 e. The number of aryl methyl sites for hydroxylation is 1. The van der Waals surface area contributed by atoms with Gasteiger partial charge in [0.05, 0.1) is 24.4 Å². The summed E-state index contributed by atoms with van der Waals surface area (Å²) in [6.07, 6.45) is -3.33. The lowest BCUT2D eigenvalue weighted by Gasteiger charge is -2.49. The minimum absolute atomic E-state index is 0.0628. The Kier molecular flexibility index (Phi) is 5.76. The van der Waals surface area contributed by atoms with Gasteiger partial charge in [0, 0.05) is 24.8 Å². The largest absolute Gasteiger partial charge is 0.453 e. The van der Waals surface area contributed by atoms with E-state index in [1.54, 1.807) is 17.9 Å². The van der Waals surface area contributed by atoms with E-state index in [2.05, 4.69) is 15.1 Å². The van der Waals surface area contributed by atoms with Gasteiger partial charge in [-0.15, -0.1) is 0 Å². The number of aromatic nitrogens is 4. The molecule has 0 aromatic carbocycles. The number of alkyl halides is 3. The van der Waals surface area contributed by atoms with Crippen molar-refractivity contribution in [2.24, 2.45) is 0 Å². The van der Waals surface area contributed by atoms with Crippen molar-refractivity contribution >= 4 is 17.7 Å². The molecule has 1 saturated heterocycles. The van der Waals surface area contributed by atoms with Crippen LogP contribution < -0.4 is 10.6 Å². The lowest BCUT2D eigenvalue weighted by atomic mass is 9.99. The summed E-state index contributed by atoms with van der Waals surface area (Å²) >= 11 is 0. The molecule has 9 nitrogen and oxygen atoms in total. The van der Waals surface area contributed by atoms with E-state index in [0.29, 0.717) is 29.3 Å². The van der Waals surface area contributed by atoms with Gasteiger partial charge in [0.25, 0.3) is 0 Å². The minimum atomic E-state index is -4.45. The van der Waals surface area contributed by atoms with Gasteiger partial charge in [-0.05, 0) is 33.8 Å². The first-order valence-electron chi connectivity index (χ1n) is 9.67. The number of methoxy groups -OCH3 is 1. The van der Waals surface area contributed by atoms with Crippen LogP contribution in [-0.2, 0) is 11.3 Å². The molecule has 0 aliphatic carbocycles. The average molecular weight is 441 g/mol. The van der Waals surface area contributed by atoms with E-state index in [1.165, 1.54) is 13.3 Å². The van der Waals surface area contributed by atoms with Crippen molar-refractivity contribution < 1.29 is 22.7 Å². The maximum atomic E-state index is 12.8. The summed E-state index contributed by atoms with van der Waals surface area (Å²) in [5, 5.41) is 3.89. The van der Waals surface area contributed by atoms with Gasteiger partial charge < -0.3 is 15.4 Å². The van der Waals surface area contributed by atoms with Crippen LogP contribution in [0.15, 0.2) is 12.3 Å². The molecule has 3 rings (SSSR count). The number of nitrogens with two attached hydrogens (primary N) is 1. The van der Waals surface area contributed by atoms with Crippen LogP contribution in [-0.4, -0.2) is 68.7 Å². The van der Waals surface area contributed by atoms with Crippen LogP contribution in [0.2, 0.25) is 0 Å². The number of nitrogens with zero attached hydrogens (tertiary/aromatic N) is 6. The number of carbonyl (C=O) groups is 1. The molecule has 1 fully saturated rings. The summed E-state index contributed by atoms with van der Waals surface area (Å²) in [6, 6.07) is 1.64. The van der Waals surface area contributed by atoms with Gasteiger partial charge in [-0.25, -0.2) is 19.4 Å². The van der Waals surface area contributed by atoms with E-state index in [1.807, 2.05) is 25.7 Å². The van der Waals surface area contributed by atoms with E-state index in [9.17, 15) is 18.0 Å². The summed E-state index contributed by atoms with van der Waals surface area (Å²) in [5.41, 5.74) is 6.09. The molecule has 0 spiro atoms. The first-order valence-corrected chi connectivity index (χ1v) is 9.67. The Morgan fingerprint density at radius 2 is 1.97 bits per heavy atom. The third-order valence-corrected chi connectivity index (χ3v) is 5.01. The van der Waals surface area contributed by atoms with Crippen LogP contribution >= 0.6 is 0 Å². The Labute approximate surface area is 178 Å². The van der Waals surface area contributed by atoms with Crippen molar-refractivity contribution in [1.29, 1.82) is 0 Å². The number of rotatable bonds is 4. The van der Waals surface area contributed by atoms with Crippen LogP contribution in [0.1, 0.15) is 26.5 Å². The summed E-state index contributed by atoms with van der Waals surface area (Å²) < 4.78 is 43.9. The smallest absolute Gasteiger partial charge is 0.410 e. The summed E-state index contributed by atoms with van der Waals surface area (Å²) in [6.45, 7) is 7.13. The van der Waals surface area contributed by atoms with E-state index >= 15 is 0 Å². The first kappa shape index (κ1) is 22.6. The number of nitrogen functional groups attached to an aromatic ring is 1. The normalized spacial score (nSPS) is 15.0.